The van der Waals surface area contributed by atoms with Gasteiger partial charge in [-0.25, -0.2) is 0 Å². The van der Waals surface area contributed by atoms with Crippen LogP contribution in [-0.2, 0) is 9.59 Å². The molecule has 1 aromatic carbocycles. The van der Waals surface area contributed by atoms with Crippen molar-refractivity contribution in [1.29, 1.82) is 0 Å². The van der Waals surface area contributed by atoms with Crippen LogP contribution in [0.4, 0.5) is 5.69 Å². The number of aryl methyl sites for hydroxylation is 1. The third-order valence-corrected chi connectivity index (χ3v) is 6.20. The first-order valence-corrected chi connectivity index (χ1v) is 10.9. The Bertz CT molecular complexity index is 1050. The van der Waals surface area contributed by atoms with Gasteiger partial charge in [-0.05, 0) is 42.6 Å². The summed E-state index contributed by atoms with van der Waals surface area (Å²) in [5, 5.41) is 7.51. The zero-order valence-electron chi connectivity index (χ0n) is 17.0. The number of rotatable bonds is 7. The minimum atomic E-state index is -0.506. The van der Waals surface area contributed by atoms with Gasteiger partial charge in [-0.1, -0.05) is 23.8 Å². The lowest BCUT2D eigenvalue weighted by Gasteiger charge is -2.27. The van der Waals surface area contributed by atoms with Gasteiger partial charge in [0, 0.05) is 30.1 Å². The number of furan rings is 1. The third kappa shape index (κ3) is 4.54. The van der Waals surface area contributed by atoms with Crippen LogP contribution < -0.4 is 15.5 Å². The molecular formula is C23H23N3O4S. The maximum absolute atomic E-state index is 13.0. The van der Waals surface area contributed by atoms with Crippen LogP contribution in [-0.4, -0.2) is 30.8 Å². The van der Waals surface area contributed by atoms with Crippen molar-refractivity contribution in [1.82, 2.24) is 10.6 Å². The summed E-state index contributed by atoms with van der Waals surface area (Å²) in [5.74, 6) is -0.896. The number of benzene rings is 1. The van der Waals surface area contributed by atoms with Crippen LogP contribution in [0.15, 0.2) is 64.6 Å². The highest BCUT2D eigenvalue weighted by atomic mass is 32.1. The first-order chi connectivity index (χ1) is 15.0. The molecule has 31 heavy (non-hydrogen) atoms. The number of anilines is 1. The monoisotopic (exact) mass is 437 g/mol. The summed E-state index contributed by atoms with van der Waals surface area (Å²) >= 11 is 1.53. The first kappa shape index (κ1) is 20.9. The quantitative estimate of drug-likeness (QED) is 0.555. The van der Waals surface area contributed by atoms with E-state index in [1.165, 1.54) is 17.6 Å². The van der Waals surface area contributed by atoms with Crippen LogP contribution in [0.25, 0.3) is 0 Å². The normalized spacial score (nSPS) is 18.2. The molecule has 8 heteroatoms. The Balaban J connectivity index is 1.43. The second-order valence-corrected chi connectivity index (χ2v) is 8.37. The Labute approximate surface area is 184 Å². The van der Waals surface area contributed by atoms with E-state index in [4.69, 9.17) is 4.42 Å². The van der Waals surface area contributed by atoms with Crippen molar-refractivity contribution < 1.29 is 18.8 Å². The van der Waals surface area contributed by atoms with E-state index in [0.29, 0.717) is 0 Å². The van der Waals surface area contributed by atoms with Crippen LogP contribution in [0.3, 0.4) is 0 Å². The van der Waals surface area contributed by atoms with E-state index in [2.05, 4.69) is 10.6 Å². The fourth-order valence-corrected chi connectivity index (χ4v) is 4.63. The van der Waals surface area contributed by atoms with Gasteiger partial charge < -0.3 is 20.0 Å². The summed E-state index contributed by atoms with van der Waals surface area (Å²) in [7, 11) is 0. The third-order valence-electron chi connectivity index (χ3n) is 5.26. The van der Waals surface area contributed by atoms with Crippen molar-refractivity contribution >= 4 is 34.7 Å². The molecule has 7 nitrogen and oxygen atoms in total. The standard InChI is InChI=1S/C23H23N3O4S/c1-15-6-8-16(9-7-15)26-20(27)14-17(21(26)19-5-3-13-31-19)22(28)24-10-11-25-23(29)18-4-2-12-30-18/h2-9,12-13,17,21H,10-11,14H2,1H3,(H,24,28)(H,25,29)/t17-,21+/m1/s1. The Kier molecular flexibility index (Phi) is 6.18. The summed E-state index contributed by atoms with van der Waals surface area (Å²) < 4.78 is 5.04. The molecule has 0 bridgehead atoms. The van der Waals surface area contributed by atoms with Crippen molar-refractivity contribution in [3.8, 4) is 0 Å². The Morgan fingerprint density at radius 3 is 2.55 bits per heavy atom. The van der Waals surface area contributed by atoms with E-state index in [-0.39, 0.29) is 49.0 Å². The average Bonchev–Trinajstić information content (AvgIpc) is 3.52. The average molecular weight is 438 g/mol. The van der Waals surface area contributed by atoms with E-state index >= 15 is 0 Å². The van der Waals surface area contributed by atoms with Gasteiger partial charge in [0.2, 0.25) is 11.8 Å². The van der Waals surface area contributed by atoms with E-state index in [0.717, 1.165) is 16.1 Å². The SMILES string of the molecule is Cc1ccc(N2C(=O)C[C@@H](C(=O)NCCNC(=O)c3ccco3)[C@H]2c2cccs2)cc1. The molecule has 0 radical (unpaired) electrons. The van der Waals surface area contributed by atoms with Crippen molar-refractivity contribution in [2.75, 3.05) is 18.0 Å². The van der Waals surface area contributed by atoms with E-state index < -0.39 is 5.92 Å². The van der Waals surface area contributed by atoms with Crippen LogP contribution in [0.2, 0.25) is 0 Å². The van der Waals surface area contributed by atoms with Crippen molar-refractivity contribution in [2.24, 2.45) is 5.92 Å². The second-order valence-electron chi connectivity index (χ2n) is 7.39. The molecule has 1 aliphatic rings. The molecule has 160 valence electrons. The molecule has 2 aromatic heterocycles. The number of amides is 3. The Morgan fingerprint density at radius 1 is 1.10 bits per heavy atom. The van der Waals surface area contributed by atoms with Crippen LogP contribution in [0, 0.1) is 12.8 Å². The summed E-state index contributed by atoms with van der Waals surface area (Å²) in [6.45, 7) is 2.52. The minimum absolute atomic E-state index is 0.0754. The van der Waals surface area contributed by atoms with Gasteiger partial charge in [-0.15, -0.1) is 11.3 Å². The smallest absolute Gasteiger partial charge is 0.287 e. The molecule has 0 saturated carbocycles. The van der Waals surface area contributed by atoms with Crippen molar-refractivity contribution in [3.63, 3.8) is 0 Å². The zero-order chi connectivity index (χ0) is 21.8. The molecule has 3 aromatic rings. The Hall–Kier alpha value is -3.39. The predicted octanol–water partition coefficient (Wildman–Crippen LogP) is 3.29. The molecule has 0 unspecified atom stereocenters. The van der Waals surface area contributed by atoms with Gasteiger partial charge in [0.1, 0.15) is 0 Å². The molecule has 0 spiro atoms. The number of thiophene rings is 1. The number of carbonyl (C=O) groups is 3. The van der Waals surface area contributed by atoms with E-state index in [9.17, 15) is 14.4 Å². The molecule has 3 amide bonds. The summed E-state index contributed by atoms with van der Waals surface area (Å²) in [4.78, 5) is 40.5. The molecule has 0 aliphatic carbocycles. The molecule has 1 aliphatic heterocycles. The maximum atomic E-state index is 13.0. The van der Waals surface area contributed by atoms with Gasteiger partial charge in [-0.3, -0.25) is 14.4 Å². The highest BCUT2D eigenvalue weighted by Gasteiger charge is 2.45. The van der Waals surface area contributed by atoms with Crippen LogP contribution in [0.5, 0.6) is 0 Å². The topological polar surface area (TPSA) is 91.7 Å². The highest BCUT2D eigenvalue weighted by molar-refractivity contribution is 7.10. The van der Waals surface area contributed by atoms with Gasteiger partial charge in [0.15, 0.2) is 5.76 Å². The van der Waals surface area contributed by atoms with Crippen molar-refractivity contribution in [3.05, 3.63) is 76.4 Å². The lowest BCUT2D eigenvalue weighted by atomic mass is 9.97. The number of nitrogens with zero attached hydrogens (tertiary/aromatic N) is 1. The van der Waals surface area contributed by atoms with E-state index in [1.807, 2.05) is 48.7 Å². The second kappa shape index (κ2) is 9.18. The number of hydrogen-bond donors (Lipinski definition) is 2. The first-order valence-electron chi connectivity index (χ1n) is 10.1. The van der Waals surface area contributed by atoms with Gasteiger partial charge in [0.25, 0.3) is 5.91 Å². The molecule has 2 N–H and O–H groups in total. The molecule has 4 rings (SSSR count). The molecule has 2 atom stereocenters. The Morgan fingerprint density at radius 2 is 1.87 bits per heavy atom. The van der Waals surface area contributed by atoms with Gasteiger partial charge in [-0.2, -0.15) is 0 Å². The fraction of sp³-hybridized carbons (Fsp3) is 0.261. The summed E-state index contributed by atoms with van der Waals surface area (Å²) in [5.41, 5.74) is 1.89. The molecule has 1 fully saturated rings. The molecular weight excluding hydrogens is 414 g/mol. The zero-order valence-corrected chi connectivity index (χ0v) is 17.9. The minimum Gasteiger partial charge on any atom is -0.459 e. The molecule has 3 heterocycles. The highest BCUT2D eigenvalue weighted by Crippen LogP contribution is 2.43. The summed E-state index contributed by atoms with van der Waals surface area (Å²) in [6.07, 6.45) is 1.57. The lowest BCUT2D eigenvalue weighted by molar-refractivity contribution is -0.126. The van der Waals surface area contributed by atoms with Crippen LogP contribution in [0.1, 0.15) is 33.5 Å². The largest absolute Gasteiger partial charge is 0.459 e. The fourth-order valence-electron chi connectivity index (χ4n) is 3.75. The lowest BCUT2D eigenvalue weighted by Crippen LogP contribution is -2.39. The number of nitrogens with one attached hydrogen (secondary N) is 2. The predicted molar refractivity (Wildman–Crippen MR) is 118 cm³/mol. The van der Waals surface area contributed by atoms with Crippen molar-refractivity contribution in [2.45, 2.75) is 19.4 Å². The van der Waals surface area contributed by atoms with Gasteiger partial charge in [0.05, 0.1) is 18.2 Å². The number of carbonyl (C=O) groups excluding carboxylic acids is 3. The van der Waals surface area contributed by atoms with Crippen LogP contribution >= 0.6 is 11.3 Å². The number of hydrogen-bond acceptors (Lipinski definition) is 5. The van der Waals surface area contributed by atoms with Gasteiger partial charge >= 0.3 is 0 Å². The summed E-state index contributed by atoms with van der Waals surface area (Å²) in [6, 6.07) is 14.5. The van der Waals surface area contributed by atoms with E-state index in [1.54, 1.807) is 17.0 Å². The molecule has 1 saturated heterocycles. The maximum Gasteiger partial charge on any atom is 0.287 e.